The van der Waals surface area contributed by atoms with Crippen molar-refractivity contribution in [2.45, 2.75) is 71.8 Å². The Balaban J connectivity index is 3.35. The van der Waals surface area contributed by atoms with E-state index in [4.69, 9.17) is 4.74 Å². The van der Waals surface area contributed by atoms with Gasteiger partial charge in [0.1, 0.15) is 0 Å². The first-order chi connectivity index (χ1) is 6.70. The number of hydrogen-bond acceptors (Lipinski definition) is 2. The Bertz CT molecular complexity index is 143. The van der Waals surface area contributed by atoms with E-state index in [1.165, 1.54) is 12.8 Å². The Morgan fingerprint density at radius 3 is 2.43 bits per heavy atom. The SMILES string of the molecule is CCCCCCC(=O)OC(C)CCC. The molecule has 0 N–H and O–H groups in total. The molecule has 14 heavy (non-hydrogen) atoms. The van der Waals surface area contributed by atoms with E-state index in [2.05, 4.69) is 13.8 Å². The van der Waals surface area contributed by atoms with Crippen molar-refractivity contribution in [2.24, 2.45) is 0 Å². The molecule has 0 aromatic carbocycles. The lowest BCUT2D eigenvalue weighted by Gasteiger charge is -2.11. The van der Waals surface area contributed by atoms with E-state index in [-0.39, 0.29) is 12.1 Å². The fourth-order valence-corrected chi connectivity index (χ4v) is 1.44. The van der Waals surface area contributed by atoms with Crippen LogP contribution in [0, 0.1) is 0 Å². The molecule has 0 bridgehead atoms. The van der Waals surface area contributed by atoms with E-state index in [1.807, 2.05) is 6.92 Å². The molecule has 0 heterocycles. The normalized spacial score (nSPS) is 12.5. The molecule has 0 aromatic rings. The van der Waals surface area contributed by atoms with E-state index in [0.29, 0.717) is 6.42 Å². The molecule has 2 nitrogen and oxygen atoms in total. The second kappa shape index (κ2) is 9.04. The molecule has 0 aliphatic heterocycles. The van der Waals surface area contributed by atoms with Crippen LogP contribution in [-0.2, 0) is 9.53 Å². The fourth-order valence-electron chi connectivity index (χ4n) is 1.44. The Hall–Kier alpha value is -0.530. The highest BCUT2D eigenvalue weighted by atomic mass is 16.5. The second-order valence-corrected chi connectivity index (χ2v) is 3.90. The Kier molecular flexibility index (Phi) is 8.70. The highest BCUT2D eigenvalue weighted by Gasteiger charge is 2.07. The largest absolute Gasteiger partial charge is 0.463 e. The molecular weight excluding hydrogens is 176 g/mol. The van der Waals surface area contributed by atoms with Crippen LogP contribution < -0.4 is 0 Å². The summed E-state index contributed by atoms with van der Waals surface area (Å²) in [5.74, 6) is -0.0259. The third-order valence-electron chi connectivity index (χ3n) is 2.26. The predicted molar refractivity (Wildman–Crippen MR) is 59.2 cm³/mol. The lowest BCUT2D eigenvalue weighted by Crippen LogP contribution is -2.14. The van der Waals surface area contributed by atoms with Gasteiger partial charge in [0.25, 0.3) is 0 Å². The summed E-state index contributed by atoms with van der Waals surface area (Å²) in [6, 6.07) is 0. The van der Waals surface area contributed by atoms with E-state index < -0.39 is 0 Å². The van der Waals surface area contributed by atoms with Gasteiger partial charge in [-0.1, -0.05) is 39.5 Å². The summed E-state index contributed by atoms with van der Waals surface area (Å²) in [4.78, 5) is 11.3. The average molecular weight is 200 g/mol. The number of rotatable bonds is 8. The van der Waals surface area contributed by atoms with Gasteiger partial charge >= 0.3 is 5.97 Å². The highest BCUT2D eigenvalue weighted by Crippen LogP contribution is 2.07. The maximum absolute atomic E-state index is 11.3. The molecule has 0 radical (unpaired) electrons. The molecule has 0 spiro atoms. The third-order valence-corrected chi connectivity index (χ3v) is 2.26. The van der Waals surface area contributed by atoms with Crippen LogP contribution in [0.15, 0.2) is 0 Å². The van der Waals surface area contributed by atoms with E-state index in [1.54, 1.807) is 0 Å². The maximum atomic E-state index is 11.3. The minimum absolute atomic E-state index is 0.0259. The molecule has 1 atom stereocenters. The third kappa shape index (κ3) is 8.09. The molecule has 0 rings (SSSR count). The van der Waals surface area contributed by atoms with Gasteiger partial charge in [-0.15, -0.1) is 0 Å². The molecule has 0 fully saturated rings. The van der Waals surface area contributed by atoms with Gasteiger partial charge in [0.15, 0.2) is 0 Å². The lowest BCUT2D eigenvalue weighted by molar-refractivity contribution is -0.148. The number of hydrogen-bond donors (Lipinski definition) is 0. The number of unbranched alkanes of at least 4 members (excludes halogenated alkanes) is 3. The van der Waals surface area contributed by atoms with Crippen LogP contribution in [0.2, 0.25) is 0 Å². The zero-order valence-electron chi connectivity index (χ0n) is 9.84. The number of esters is 1. The Morgan fingerprint density at radius 1 is 1.14 bits per heavy atom. The molecule has 84 valence electrons. The van der Waals surface area contributed by atoms with Crippen LogP contribution in [0.25, 0.3) is 0 Å². The quantitative estimate of drug-likeness (QED) is 0.441. The molecule has 0 aromatic heterocycles. The van der Waals surface area contributed by atoms with Crippen molar-refractivity contribution in [3.8, 4) is 0 Å². The van der Waals surface area contributed by atoms with Crippen LogP contribution in [0.3, 0.4) is 0 Å². The fraction of sp³-hybridized carbons (Fsp3) is 0.917. The molecule has 0 aliphatic carbocycles. The molecule has 0 saturated carbocycles. The maximum Gasteiger partial charge on any atom is 0.306 e. The van der Waals surface area contributed by atoms with Crippen molar-refractivity contribution in [1.29, 1.82) is 0 Å². The summed E-state index contributed by atoms with van der Waals surface area (Å²) in [7, 11) is 0. The first-order valence-corrected chi connectivity index (χ1v) is 5.90. The van der Waals surface area contributed by atoms with Gasteiger partial charge in [-0.3, -0.25) is 4.79 Å². The zero-order chi connectivity index (χ0) is 10.8. The molecule has 0 aliphatic rings. The highest BCUT2D eigenvalue weighted by molar-refractivity contribution is 5.69. The summed E-state index contributed by atoms with van der Waals surface area (Å²) in [6.45, 7) is 6.24. The Labute approximate surface area is 88.0 Å². The standard InChI is InChI=1S/C12H24O2/c1-4-6-7-8-10-12(13)14-11(3)9-5-2/h11H,4-10H2,1-3H3. The summed E-state index contributed by atoms with van der Waals surface area (Å²) >= 11 is 0. The second-order valence-electron chi connectivity index (χ2n) is 3.90. The molecule has 1 unspecified atom stereocenters. The van der Waals surface area contributed by atoms with E-state index >= 15 is 0 Å². The summed E-state index contributed by atoms with van der Waals surface area (Å²) in [5.41, 5.74) is 0. The van der Waals surface area contributed by atoms with Gasteiger partial charge in [-0.05, 0) is 19.8 Å². The van der Waals surface area contributed by atoms with E-state index in [0.717, 1.165) is 25.7 Å². The average Bonchev–Trinajstić information content (AvgIpc) is 2.13. The van der Waals surface area contributed by atoms with Gasteiger partial charge < -0.3 is 4.74 Å². The van der Waals surface area contributed by atoms with Crippen LogP contribution in [0.1, 0.15) is 65.7 Å². The van der Waals surface area contributed by atoms with E-state index in [9.17, 15) is 4.79 Å². The predicted octanol–water partition coefficient (Wildman–Crippen LogP) is 3.69. The van der Waals surface area contributed by atoms with Crippen molar-refractivity contribution in [3.63, 3.8) is 0 Å². The first kappa shape index (κ1) is 13.5. The topological polar surface area (TPSA) is 26.3 Å². The van der Waals surface area contributed by atoms with Gasteiger partial charge in [0, 0.05) is 6.42 Å². The van der Waals surface area contributed by atoms with Crippen molar-refractivity contribution in [1.82, 2.24) is 0 Å². The molecule has 2 heteroatoms. The Morgan fingerprint density at radius 2 is 1.86 bits per heavy atom. The van der Waals surface area contributed by atoms with Crippen molar-refractivity contribution in [2.75, 3.05) is 0 Å². The van der Waals surface area contributed by atoms with Crippen LogP contribution >= 0.6 is 0 Å². The monoisotopic (exact) mass is 200 g/mol. The number of ether oxygens (including phenoxy) is 1. The number of carbonyl (C=O) groups excluding carboxylic acids is 1. The minimum atomic E-state index is -0.0259. The van der Waals surface area contributed by atoms with Gasteiger partial charge in [0.05, 0.1) is 6.10 Å². The van der Waals surface area contributed by atoms with Gasteiger partial charge in [-0.25, -0.2) is 0 Å². The number of carbonyl (C=O) groups is 1. The van der Waals surface area contributed by atoms with Crippen LogP contribution in [0.5, 0.6) is 0 Å². The van der Waals surface area contributed by atoms with Crippen LogP contribution in [-0.4, -0.2) is 12.1 Å². The smallest absolute Gasteiger partial charge is 0.306 e. The van der Waals surface area contributed by atoms with Gasteiger partial charge in [-0.2, -0.15) is 0 Å². The summed E-state index contributed by atoms with van der Waals surface area (Å²) in [5, 5.41) is 0. The summed E-state index contributed by atoms with van der Waals surface area (Å²) < 4.78 is 5.23. The van der Waals surface area contributed by atoms with Crippen LogP contribution in [0.4, 0.5) is 0 Å². The molecule has 0 amide bonds. The lowest BCUT2D eigenvalue weighted by atomic mass is 10.1. The first-order valence-electron chi connectivity index (χ1n) is 5.90. The summed E-state index contributed by atoms with van der Waals surface area (Å²) in [6.07, 6.45) is 7.29. The van der Waals surface area contributed by atoms with Crippen molar-refractivity contribution < 1.29 is 9.53 Å². The van der Waals surface area contributed by atoms with Crippen molar-refractivity contribution in [3.05, 3.63) is 0 Å². The van der Waals surface area contributed by atoms with Gasteiger partial charge in [0.2, 0.25) is 0 Å². The molecular formula is C12H24O2. The zero-order valence-corrected chi connectivity index (χ0v) is 9.84. The molecule has 0 saturated heterocycles. The van der Waals surface area contributed by atoms with Crippen molar-refractivity contribution >= 4 is 5.97 Å². The minimum Gasteiger partial charge on any atom is -0.463 e.